The predicted molar refractivity (Wildman–Crippen MR) is 114 cm³/mol. The smallest absolute Gasteiger partial charge is 0.249 e. The van der Waals surface area contributed by atoms with Gasteiger partial charge in [0.1, 0.15) is 36.7 Å². The van der Waals surface area contributed by atoms with Crippen LogP contribution in [-0.2, 0) is 25.5 Å². The van der Waals surface area contributed by atoms with Crippen LogP contribution in [-0.4, -0.2) is 76.5 Å². The van der Waals surface area contributed by atoms with Gasteiger partial charge in [0.25, 0.3) is 0 Å². The molecule has 1 rings (SSSR count). The molecule has 0 spiro atoms. The van der Waals surface area contributed by atoms with Gasteiger partial charge in [0.15, 0.2) is 0 Å². The van der Waals surface area contributed by atoms with E-state index in [1.54, 1.807) is 13.8 Å². The van der Waals surface area contributed by atoms with Crippen molar-refractivity contribution in [3.63, 3.8) is 0 Å². The lowest BCUT2D eigenvalue weighted by Gasteiger charge is -2.32. The first-order valence-corrected chi connectivity index (χ1v) is 10.3. The van der Waals surface area contributed by atoms with Crippen molar-refractivity contribution in [1.29, 1.82) is 0 Å². The molecule has 2 unspecified atom stereocenters. The Bertz CT molecular complexity index is 698. The van der Waals surface area contributed by atoms with Crippen molar-refractivity contribution in [3.05, 3.63) is 35.9 Å². The maximum Gasteiger partial charge on any atom is 0.249 e. The summed E-state index contributed by atoms with van der Waals surface area (Å²) in [6.45, 7) is 5.71. The van der Waals surface area contributed by atoms with Crippen molar-refractivity contribution in [2.24, 2.45) is 5.92 Å². The number of aliphatic hydroxyl groups is 3. The van der Waals surface area contributed by atoms with Crippen LogP contribution in [0.3, 0.4) is 0 Å². The van der Waals surface area contributed by atoms with Crippen LogP contribution in [0.15, 0.2) is 30.3 Å². The van der Waals surface area contributed by atoms with Gasteiger partial charge in [-0.2, -0.15) is 0 Å². The van der Waals surface area contributed by atoms with E-state index in [4.69, 9.17) is 9.84 Å². The molecule has 0 aliphatic rings. The number of hydrogen-bond acceptors (Lipinski definition) is 7. The molecular weight excluding hydrogens is 404 g/mol. The summed E-state index contributed by atoms with van der Waals surface area (Å²) in [5.41, 5.74) is 1.04. The summed E-state index contributed by atoms with van der Waals surface area (Å²) in [4.78, 5) is 36.2. The maximum absolute atomic E-state index is 12.6. The molecule has 9 nitrogen and oxygen atoms in total. The lowest BCUT2D eigenvalue weighted by atomic mass is 10.0. The maximum atomic E-state index is 12.6. The van der Waals surface area contributed by atoms with Gasteiger partial charge in [-0.05, 0) is 25.8 Å². The Labute approximate surface area is 182 Å². The van der Waals surface area contributed by atoms with E-state index in [1.807, 2.05) is 37.3 Å². The highest BCUT2D eigenvalue weighted by atomic mass is 16.5. The summed E-state index contributed by atoms with van der Waals surface area (Å²) in [7, 11) is 0. The van der Waals surface area contributed by atoms with Crippen LogP contribution < -0.4 is 10.6 Å². The molecule has 0 bridgehead atoms. The Morgan fingerprint density at radius 2 is 1.65 bits per heavy atom. The van der Waals surface area contributed by atoms with Gasteiger partial charge in [-0.25, -0.2) is 0 Å². The van der Waals surface area contributed by atoms with E-state index in [2.05, 4.69) is 10.6 Å². The quantitative estimate of drug-likeness (QED) is 0.263. The van der Waals surface area contributed by atoms with Crippen LogP contribution in [0.5, 0.6) is 0 Å². The number of rotatable bonds is 13. The van der Waals surface area contributed by atoms with Crippen LogP contribution >= 0.6 is 0 Å². The molecule has 0 saturated carbocycles. The largest absolute Gasteiger partial charge is 0.394 e. The van der Waals surface area contributed by atoms with E-state index >= 15 is 0 Å². The molecule has 0 fully saturated rings. The number of ether oxygens (including phenoxy) is 1. The third kappa shape index (κ3) is 8.74. The molecule has 0 aliphatic heterocycles. The van der Waals surface area contributed by atoms with Crippen molar-refractivity contribution >= 4 is 18.1 Å². The van der Waals surface area contributed by atoms with E-state index in [1.165, 1.54) is 6.92 Å². The van der Waals surface area contributed by atoms with E-state index in [-0.39, 0.29) is 6.04 Å². The number of aliphatic hydroxyl groups excluding tert-OH is 3. The summed E-state index contributed by atoms with van der Waals surface area (Å²) in [6, 6.07) is 8.04. The topological polar surface area (TPSA) is 145 Å². The normalized spacial score (nSPS) is 17.2. The molecule has 0 aromatic heterocycles. The first-order valence-electron chi connectivity index (χ1n) is 10.3. The second-order valence-corrected chi connectivity index (χ2v) is 7.91. The molecule has 0 aliphatic carbocycles. The molecule has 0 radical (unpaired) electrons. The monoisotopic (exact) mass is 438 g/mol. The fourth-order valence-corrected chi connectivity index (χ4v) is 2.91. The van der Waals surface area contributed by atoms with Crippen LogP contribution in [0.1, 0.15) is 33.3 Å². The molecule has 1 aromatic carbocycles. The lowest BCUT2D eigenvalue weighted by Crippen LogP contribution is -2.57. The van der Waals surface area contributed by atoms with Crippen molar-refractivity contribution in [1.82, 2.24) is 10.6 Å². The molecule has 6 atom stereocenters. The third-order valence-corrected chi connectivity index (χ3v) is 4.76. The zero-order valence-electron chi connectivity index (χ0n) is 18.4. The van der Waals surface area contributed by atoms with E-state index in [9.17, 15) is 24.6 Å². The van der Waals surface area contributed by atoms with Crippen LogP contribution in [0, 0.1) is 5.92 Å². The molecule has 174 valence electrons. The molecule has 2 amide bonds. The molecule has 0 saturated heterocycles. The summed E-state index contributed by atoms with van der Waals surface area (Å²) >= 11 is 0. The molecule has 31 heavy (non-hydrogen) atoms. The zero-order valence-corrected chi connectivity index (χ0v) is 18.4. The standard InChI is InChI=1S/C22H34N2O7/c1-13(2)21(29)24-17(11-25)20(19(28)18(27)12-26)31-15(4)22(30)23-14(3)10-16-8-6-5-7-9-16/h5-9,11,13-15,17-20,26-28H,10,12H2,1-4H3,(H,23,30)(H,24,29)/t14?,15?,17-,18+,19+,20+/m0/s1. The number of amides is 2. The molecule has 5 N–H and O–H groups in total. The molecule has 9 heteroatoms. The van der Waals surface area contributed by atoms with E-state index in [0.29, 0.717) is 12.7 Å². The summed E-state index contributed by atoms with van der Waals surface area (Å²) in [6.07, 6.45) is -4.95. The molecule has 1 aromatic rings. The second kappa shape index (κ2) is 13.2. The first kappa shape index (κ1) is 26.7. The number of carbonyl (C=O) groups excluding carboxylic acids is 3. The molecule has 0 heterocycles. The minimum atomic E-state index is -1.72. The zero-order chi connectivity index (χ0) is 23.6. The summed E-state index contributed by atoms with van der Waals surface area (Å²) in [5, 5.41) is 34.6. The fourth-order valence-electron chi connectivity index (χ4n) is 2.91. The average molecular weight is 439 g/mol. The number of carbonyl (C=O) groups is 3. The molecular formula is C22H34N2O7. The fraction of sp³-hybridized carbons (Fsp3) is 0.591. The number of hydrogen-bond donors (Lipinski definition) is 5. The van der Waals surface area contributed by atoms with Gasteiger partial charge in [0, 0.05) is 12.0 Å². The minimum Gasteiger partial charge on any atom is -0.394 e. The summed E-state index contributed by atoms with van der Waals surface area (Å²) in [5.74, 6) is -1.40. The number of aldehydes is 1. The van der Waals surface area contributed by atoms with Gasteiger partial charge >= 0.3 is 0 Å². The minimum absolute atomic E-state index is 0.213. The first-order chi connectivity index (χ1) is 14.6. The Kier molecular flexibility index (Phi) is 11.3. The Morgan fingerprint density at radius 3 is 2.16 bits per heavy atom. The van der Waals surface area contributed by atoms with Gasteiger partial charge in [-0.1, -0.05) is 44.2 Å². The van der Waals surface area contributed by atoms with Crippen molar-refractivity contribution in [2.45, 2.75) is 70.6 Å². The van der Waals surface area contributed by atoms with Gasteiger partial charge in [0.05, 0.1) is 6.61 Å². The summed E-state index contributed by atoms with van der Waals surface area (Å²) < 4.78 is 5.60. The van der Waals surface area contributed by atoms with E-state index < -0.39 is 54.8 Å². The number of benzene rings is 1. The highest BCUT2D eigenvalue weighted by molar-refractivity contribution is 5.82. The highest BCUT2D eigenvalue weighted by Gasteiger charge is 2.37. The number of nitrogens with one attached hydrogen (secondary N) is 2. The van der Waals surface area contributed by atoms with Gasteiger partial charge in [0.2, 0.25) is 11.8 Å². The van der Waals surface area contributed by atoms with Crippen LogP contribution in [0.25, 0.3) is 0 Å². The van der Waals surface area contributed by atoms with Crippen molar-refractivity contribution in [2.75, 3.05) is 6.61 Å². The van der Waals surface area contributed by atoms with Gasteiger partial charge in [-0.15, -0.1) is 0 Å². The van der Waals surface area contributed by atoms with Gasteiger partial charge < -0.3 is 35.5 Å². The Morgan fingerprint density at radius 1 is 1.03 bits per heavy atom. The Balaban J connectivity index is 2.86. The average Bonchev–Trinajstić information content (AvgIpc) is 2.74. The predicted octanol–water partition coefficient (Wildman–Crippen LogP) is -0.439. The van der Waals surface area contributed by atoms with Crippen molar-refractivity contribution < 1.29 is 34.4 Å². The van der Waals surface area contributed by atoms with Crippen LogP contribution in [0.4, 0.5) is 0 Å². The van der Waals surface area contributed by atoms with E-state index in [0.717, 1.165) is 5.56 Å². The van der Waals surface area contributed by atoms with Crippen molar-refractivity contribution in [3.8, 4) is 0 Å². The Hall–Kier alpha value is -2.33. The SMILES string of the molecule is CC(Cc1ccccc1)NC(=O)C(C)O[C@@H]([C@H](O)[C@H](O)CO)[C@H](C=O)NC(=O)C(C)C. The highest BCUT2D eigenvalue weighted by Crippen LogP contribution is 2.13. The third-order valence-electron chi connectivity index (χ3n) is 4.76. The van der Waals surface area contributed by atoms with Gasteiger partial charge in [-0.3, -0.25) is 9.59 Å². The van der Waals surface area contributed by atoms with Crippen LogP contribution in [0.2, 0.25) is 0 Å². The second-order valence-electron chi connectivity index (χ2n) is 7.91. The lowest BCUT2D eigenvalue weighted by molar-refractivity contribution is -0.157.